The summed E-state index contributed by atoms with van der Waals surface area (Å²) in [4.78, 5) is 31.5. The van der Waals surface area contributed by atoms with Crippen LogP contribution in [0, 0.1) is 0 Å². The molecule has 0 spiro atoms. The molecule has 1 aliphatic heterocycles. The fraction of sp³-hybridized carbons (Fsp3) is 0.261. The second-order valence-corrected chi connectivity index (χ2v) is 6.97. The number of esters is 1. The largest absolute Gasteiger partial charge is 0.444 e. The first-order chi connectivity index (χ1) is 14.2. The van der Waals surface area contributed by atoms with Gasteiger partial charge in [0.25, 0.3) is 5.91 Å². The van der Waals surface area contributed by atoms with Crippen molar-refractivity contribution in [3.8, 4) is 0 Å². The molecule has 0 saturated carbocycles. The van der Waals surface area contributed by atoms with Crippen LogP contribution in [0.3, 0.4) is 0 Å². The minimum Gasteiger partial charge on any atom is -0.444 e. The number of hydrogen-bond donors (Lipinski definition) is 0. The molecule has 1 atom stereocenters. The zero-order valence-electron chi connectivity index (χ0n) is 16.0. The van der Waals surface area contributed by atoms with Gasteiger partial charge in [-0.2, -0.15) is 0 Å². The lowest BCUT2D eigenvalue weighted by atomic mass is 10.1. The van der Waals surface area contributed by atoms with E-state index in [4.69, 9.17) is 9.15 Å². The number of hydrogen-bond acceptors (Lipinski definition) is 5. The Morgan fingerprint density at radius 2 is 1.72 bits per heavy atom. The van der Waals surface area contributed by atoms with E-state index < -0.39 is 12.1 Å². The van der Waals surface area contributed by atoms with Gasteiger partial charge in [-0.05, 0) is 31.4 Å². The van der Waals surface area contributed by atoms with Gasteiger partial charge in [0, 0.05) is 30.8 Å². The van der Waals surface area contributed by atoms with E-state index >= 15 is 0 Å². The van der Waals surface area contributed by atoms with Gasteiger partial charge in [-0.25, -0.2) is 9.78 Å². The SMILES string of the molecule is O=C(/C=C/c1nc2ccccc2o1)O[C@H](C(=O)N1CCCCC1)c1ccccc1. The molecule has 29 heavy (non-hydrogen) atoms. The third-order valence-electron chi connectivity index (χ3n) is 4.90. The molecule has 2 heterocycles. The molecule has 1 amide bonds. The topological polar surface area (TPSA) is 72.6 Å². The Morgan fingerprint density at radius 3 is 2.48 bits per heavy atom. The number of benzene rings is 2. The van der Waals surface area contributed by atoms with Crippen molar-refractivity contribution in [2.24, 2.45) is 0 Å². The fourth-order valence-electron chi connectivity index (χ4n) is 3.43. The van der Waals surface area contributed by atoms with Crippen LogP contribution in [0.25, 0.3) is 17.2 Å². The average Bonchev–Trinajstić information content (AvgIpc) is 3.20. The number of carbonyl (C=O) groups excluding carboxylic acids is 2. The molecule has 1 saturated heterocycles. The summed E-state index contributed by atoms with van der Waals surface area (Å²) in [6.07, 6.45) is 4.79. The van der Waals surface area contributed by atoms with Crippen LogP contribution in [-0.4, -0.2) is 34.8 Å². The van der Waals surface area contributed by atoms with Crippen LogP contribution in [0.4, 0.5) is 0 Å². The van der Waals surface area contributed by atoms with Crippen molar-refractivity contribution in [2.45, 2.75) is 25.4 Å². The molecule has 3 aromatic rings. The smallest absolute Gasteiger partial charge is 0.332 e. The van der Waals surface area contributed by atoms with Crippen molar-refractivity contribution in [1.82, 2.24) is 9.88 Å². The highest BCUT2D eigenvalue weighted by molar-refractivity contribution is 5.91. The number of aromatic nitrogens is 1. The molecule has 6 nitrogen and oxygen atoms in total. The molecule has 1 aromatic heterocycles. The van der Waals surface area contributed by atoms with Gasteiger partial charge in [0.05, 0.1) is 0 Å². The Bertz CT molecular complexity index is 987. The summed E-state index contributed by atoms with van der Waals surface area (Å²) in [5, 5.41) is 0. The molecule has 0 unspecified atom stereocenters. The van der Waals surface area contributed by atoms with Gasteiger partial charge in [0.15, 0.2) is 5.58 Å². The van der Waals surface area contributed by atoms with E-state index in [0.29, 0.717) is 35.6 Å². The van der Waals surface area contributed by atoms with Crippen molar-refractivity contribution in [3.05, 3.63) is 72.1 Å². The van der Waals surface area contributed by atoms with Crippen LogP contribution in [0.1, 0.15) is 36.8 Å². The van der Waals surface area contributed by atoms with Gasteiger partial charge in [-0.1, -0.05) is 42.5 Å². The number of fused-ring (bicyclic) bond motifs is 1. The molecule has 0 N–H and O–H groups in total. The van der Waals surface area contributed by atoms with E-state index in [0.717, 1.165) is 19.3 Å². The highest BCUT2D eigenvalue weighted by Crippen LogP contribution is 2.23. The Hall–Kier alpha value is -3.41. The van der Waals surface area contributed by atoms with E-state index in [1.165, 1.54) is 12.2 Å². The maximum atomic E-state index is 13.0. The van der Waals surface area contributed by atoms with Gasteiger partial charge >= 0.3 is 5.97 Å². The zero-order chi connectivity index (χ0) is 20.1. The molecule has 148 valence electrons. The van der Waals surface area contributed by atoms with Crippen LogP contribution >= 0.6 is 0 Å². The summed E-state index contributed by atoms with van der Waals surface area (Å²) >= 11 is 0. The molecule has 0 radical (unpaired) electrons. The van der Waals surface area contributed by atoms with E-state index in [1.54, 1.807) is 23.1 Å². The number of piperidine rings is 1. The van der Waals surface area contributed by atoms with E-state index in [-0.39, 0.29) is 5.91 Å². The lowest BCUT2D eigenvalue weighted by Gasteiger charge is -2.30. The zero-order valence-corrected chi connectivity index (χ0v) is 16.0. The van der Waals surface area contributed by atoms with Crippen LogP contribution in [0.5, 0.6) is 0 Å². The highest BCUT2D eigenvalue weighted by Gasteiger charge is 2.29. The van der Waals surface area contributed by atoms with Crippen molar-refractivity contribution >= 4 is 29.1 Å². The van der Waals surface area contributed by atoms with Crippen molar-refractivity contribution in [1.29, 1.82) is 0 Å². The summed E-state index contributed by atoms with van der Waals surface area (Å²) < 4.78 is 11.1. The molecule has 0 aliphatic carbocycles. The van der Waals surface area contributed by atoms with Gasteiger partial charge in [0.2, 0.25) is 12.0 Å². The molecule has 4 rings (SSSR count). The third kappa shape index (κ3) is 4.54. The first-order valence-corrected chi connectivity index (χ1v) is 9.79. The average molecular weight is 390 g/mol. The van der Waals surface area contributed by atoms with Crippen LogP contribution < -0.4 is 0 Å². The maximum Gasteiger partial charge on any atom is 0.332 e. The number of carbonyl (C=O) groups is 2. The summed E-state index contributed by atoms with van der Waals surface area (Å²) in [6.45, 7) is 1.39. The quantitative estimate of drug-likeness (QED) is 0.484. The summed E-state index contributed by atoms with van der Waals surface area (Å²) in [6, 6.07) is 16.5. The Kier molecular flexibility index (Phi) is 5.70. The summed E-state index contributed by atoms with van der Waals surface area (Å²) in [5.74, 6) is -0.493. The van der Waals surface area contributed by atoms with Gasteiger partial charge < -0.3 is 14.1 Å². The molecule has 2 aromatic carbocycles. The molecule has 0 bridgehead atoms. The lowest BCUT2D eigenvalue weighted by Crippen LogP contribution is -2.40. The van der Waals surface area contributed by atoms with E-state index in [1.807, 2.05) is 36.4 Å². The lowest BCUT2D eigenvalue weighted by molar-refractivity contribution is -0.157. The van der Waals surface area contributed by atoms with Crippen molar-refractivity contribution in [2.75, 3.05) is 13.1 Å². The Balaban J connectivity index is 1.50. The first kappa shape index (κ1) is 18.9. The fourth-order valence-corrected chi connectivity index (χ4v) is 3.43. The number of likely N-dealkylation sites (tertiary alicyclic amines) is 1. The first-order valence-electron chi connectivity index (χ1n) is 9.79. The Labute approximate surface area is 168 Å². The van der Waals surface area contributed by atoms with E-state index in [9.17, 15) is 9.59 Å². The number of rotatable bonds is 5. The second-order valence-electron chi connectivity index (χ2n) is 6.97. The highest BCUT2D eigenvalue weighted by atomic mass is 16.5. The van der Waals surface area contributed by atoms with Crippen molar-refractivity contribution < 1.29 is 18.7 Å². The predicted molar refractivity (Wildman–Crippen MR) is 109 cm³/mol. The molecule has 6 heteroatoms. The maximum absolute atomic E-state index is 13.0. The molecule has 1 aliphatic rings. The Morgan fingerprint density at radius 1 is 1.00 bits per heavy atom. The monoisotopic (exact) mass is 390 g/mol. The number of nitrogens with zero attached hydrogens (tertiary/aromatic N) is 2. The minimum absolute atomic E-state index is 0.181. The number of amides is 1. The number of oxazole rings is 1. The van der Waals surface area contributed by atoms with Crippen LogP contribution in [0.2, 0.25) is 0 Å². The summed E-state index contributed by atoms with van der Waals surface area (Å²) in [7, 11) is 0. The summed E-state index contributed by atoms with van der Waals surface area (Å²) in [5.41, 5.74) is 2.01. The molecular weight excluding hydrogens is 368 g/mol. The van der Waals surface area contributed by atoms with Gasteiger partial charge in [-0.3, -0.25) is 4.79 Å². The van der Waals surface area contributed by atoms with Crippen molar-refractivity contribution in [3.63, 3.8) is 0 Å². The van der Waals surface area contributed by atoms with Crippen LogP contribution in [-0.2, 0) is 14.3 Å². The molecular formula is C23H22N2O4. The van der Waals surface area contributed by atoms with Gasteiger partial charge in [-0.15, -0.1) is 0 Å². The third-order valence-corrected chi connectivity index (χ3v) is 4.90. The van der Waals surface area contributed by atoms with Crippen LogP contribution in [0.15, 0.2) is 65.1 Å². The normalized spacial score (nSPS) is 15.5. The van der Waals surface area contributed by atoms with E-state index in [2.05, 4.69) is 4.98 Å². The predicted octanol–water partition coefficient (Wildman–Crippen LogP) is 4.14. The number of para-hydroxylation sites is 2. The molecule has 1 fully saturated rings. The standard InChI is InChI=1S/C23H22N2O4/c26-21(14-13-20-24-18-11-5-6-12-19(18)28-20)29-22(17-9-3-1-4-10-17)23(27)25-15-7-2-8-16-25/h1,3-6,9-14,22H,2,7-8,15-16H2/b14-13+/t22-/m0/s1. The second kappa shape index (κ2) is 8.73. The number of ether oxygens (including phenoxy) is 1. The minimum atomic E-state index is -0.963. The van der Waals surface area contributed by atoms with Gasteiger partial charge in [0.1, 0.15) is 5.52 Å².